The molecule has 0 bridgehead atoms. The van der Waals surface area contributed by atoms with E-state index in [1.807, 2.05) is 6.92 Å². The smallest absolute Gasteiger partial charge is 0.230 e. The molecule has 0 radical (unpaired) electrons. The molecule has 118 valence electrons. The zero-order valence-electron chi connectivity index (χ0n) is 12.5. The highest BCUT2D eigenvalue weighted by molar-refractivity contribution is 8.00. The summed E-state index contributed by atoms with van der Waals surface area (Å²) in [6, 6.07) is 6.13. The standard InChI is InChI=1S/C15H13FN4OS2/c1-8-18-13-14(23-8)12(9-3-5-10(16)6-4-9)19-20-15(13)22-7-11(21)17-2/h3-6H,7H2,1-2H3,(H,17,21). The fourth-order valence-electron chi connectivity index (χ4n) is 2.02. The predicted octanol–water partition coefficient (Wildman–Crippen LogP) is 3.04. The van der Waals surface area contributed by atoms with E-state index in [1.165, 1.54) is 35.2 Å². The maximum atomic E-state index is 13.1. The van der Waals surface area contributed by atoms with E-state index in [1.54, 1.807) is 19.2 Å². The summed E-state index contributed by atoms with van der Waals surface area (Å²) >= 11 is 2.81. The summed E-state index contributed by atoms with van der Waals surface area (Å²) in [5, 5.41) is 12.6. The Morgan fingerprint density at radius 3 is 2.74 bits per heavy atom. The molecule has 0 spiro atoms. The number of rotatable bonds is 4. The van der Waals surface area contributed by atoms with E-state index in [-0.39, 0.29) is 17.5 Å². The molecule has 1 amide bonds. The number of carbonyl (C=O) groups excluding carboxylic acids is 1. The number of aryl methyl sites for hydroxylation is 1. The van der Waals surface area contributed by atoms with E-state index in [9.17, 15) is 9.18 Å². The number of carbonyl (C=O) groups is 1. The van der Waals surface area contributed by atoms with Crippen LogP contribution in [0.15, 0.2) is 29.3 Å². The predicted molar refractivity (Wildman–Crippen MR) is 90.1 cm³/mol. The quantitative estimate of drug-likeness (QED) is 0.734. The molecular weight excluding hydrogens is 335 g/mol. The maximum Gasteiger partial charge on any atom is 0.230 e. The number of aromatic nitrogens is 3. The van der Waals surface area contributed by atoms with Crippen molar-refractivity contribution in [2.24, 2.45) is 0 Å². The van der Waals surface area contributed by atoms with Crippen LogP contribution >= 0.6 is 23.1 Å². The third-order valence-corrected chi connectivity index (χ3v) is 5.06. The van der Waals surface area contributed by atoms with E-state index in [2.05, 4.69) is 20.5 Å². The third-order valence-electron chi connectivity index (χ3n) is 3.13. The van der Waals surface area contributed by atoms with E-state index in [4.69, 9.17) is 0 Å². The summed E-state index contributed by atoms with van der Waals surface area (Å²) in [6.07, 6.45) is 0. The van der Waals surface area contributed by atoms with Crippen LogP contribution in [0, 0.1) is 12.7 Å². The van der Waals surface area contributed by atoms with Crippen molar-refractivity contribution in [3.8, 4) is 11.3 Å². The Balaban J connectivity index is 2.05. The highest BCUT2D eigenvalue weighted by Gasteiger charge is 2.16. The molecule has 0 unspecified atom stereocenters. The molecule has 1 aromatic carbocycles. The van der Waals surface area contributed by atoms with Gasteiger partial charge < -0.3 is 5.32 Å². The summed E-state index contributed by atoms with van der Waals surface area (Å²) in [5.41, 5.74) is 2.20. The second-order valence-electron chi connectivity index (χ2n) is 4.73. The lowest BCUT2D eigenvalue weighted by atomic mass is 10.1. The Hall–Kier alpha value is -2.06. The average Bonchev–Trinajstić information content (AvgIpc) is 2.94. The van der Waals surface area contributed by atoms with Gasteiger partial charge in [-0.1, -0.05) is 11.8 Å². The van der Waals surface area contributed by atoms with Crippen LogP contribution in [0.2, 0.25) is 0 Å². The fraction of sp³-hybridized carbons (Fsp3) is 0.200. The molecule has 5 nitrogen and oxygen atoms in total. The molecule has 0 aliphatic carbocycles. The molecule has 1 N–H and O–H groups in total. The number of hydrogen-bond acceptors (Lipinski definition) is 6. The van der Waals surface area contributed by atoms with Crippen LogP contribution in [0.5, 0.6) is 0 Å². The number of nitrogens with zero attached hydrogens (tertiary/aromatic N) is 3. The van der Waals surface area contributed by atoms with E-state index >= 15 is 0 Å². The molecule has 2 aromatic heterocycles. The summed E-state index contributed by atoms with van der Waals surface area (Å²) < 4.78 is 14.0. The van der Waals surface area contributed by atoms with Gasteiger partial charge in [-0.2, -0.15) is 0 Å². The van der Waals surface area contributed by atoms with Gasteiger partial charge in [-0.25, -0.2) is 9.37 Å². The van der Waals surface area contributed by atoms with Crippen LogP contribution in [-0.2, 0) is 4.79 Å². The SMILES string of the molecule is CNC(=O)CSc1nnc(-c2ccc(F)cc2)c2sc(C)nc12. The maximum absolute atomic E-state index is 13.1. The van der Waals surface area contributed by atoms with Gasteiger partial charge >= 0.3 is 0 Å². The first-order valence-electron chi connectivity index (χ1n) is 6.81. The van der Waals surface area contributed by atoms with Gasteiger partial charge in [0.25, 0.3) is 0 Å². The van der Waals surface area contributed by atoms with Gasteiger partial charge in [0, 0.05) is 12.6 Å². The first kappa shape index (κ1) is 15.8. The van der Waals surface area contributed by atoms with Crippen molar-refractivity contribution in [3.05, 3.63) is 35.1 Å². The zero-order chi connectivity index (χ0) is 16.4. The summed E-state index contributed by atoms with van der Waals surface area (Å²) in [5.74, 6) is -0.122. The van der Waals surface area contributed by atoms with Crippen LogP contribution in [0.3, 0.4) is 0 Å². The lowest BCUT2D eigenvalue weighted by molar-refractivity contribution is -0.118. The van der Waals surface area contributed by atoms with Crippen molar-refractivity contribution in [3.63, 3.8) is 0 Å². The Morgan fingerprint density at radius 2 is 2.04 bits per heavy atom. The number of amides is 1. The largest absolute Gasteiger partial charge is 0.358 e. The van der Waals surface area contributed by atoms with E-state index in [0.29, 0.717) is 10.7 Å². The molecule has 0 saturated carbocycles. The van der Waals surface area contributed by atoms with E-state index < -0.39 is 0 Å². The van der Waals surface area contributed by atoms with Gasteiger partial charge in [-0.15, -0.1) is 21.5 Å². The number of fused-ring (bicyclic) bond motifs is 1. The number of nitrogens with one attached hydrogen (secondary N) is 1. The average molecular weight is 348 g/mol. The lowest BCUT2D eigenvalue weighted by Crippen LogP contribution is -2.19. The molecule has 0 aliphatic rings. The van der Waals surface area contributed by atoms with Gasteiger partial charge in [0.2, 0.25) is 5.91 Å². The monoisotopic (exact) mass is 348 g/mol. The number of benzene rings is 1. The van der Waals surface area contributed by atoms with Crippen LogP contribution in [0.25, 0.3) is 21.5 Å². The van der Waals surface area contributed by atoms with Crippen molar-refractivity contribution < 1.29 is 9.18 Å². The molecule has 2 heterocycles. The Kier molecular flexibility index (Phi) is 4.53. The number of thiazole rings is 1. The molecule has 0 aliphatic heterocycles. The second kappa shape index (κ2) is 6.59. The van der Waals surface area contributed by atoms with Crippen molar-refractivity contribution >= 4 is 39.2 Å². The van der Waals surface area contributed by atoms with Crippen LogP contribution in [0.4, 0.5) is 4.39 Å². The Morgan fingerprint density at radius 1 is 1.30 bits per heavy atom. The summed E-state index contributed by atoms with van der Waals surface area (Å²) in [6.45, 7) is 1.91. The number of halogens is 1. The minimum atomic E-state index is -0.295. The lowest BCUT2D eigenvalue weighted by Gasteiger charge is -2.04. The van der Waals surface area contributed by atoms with Gasteiger partial charge in [-0.05, 0) is 31.2 Å². The Bertz CT molecular complexity index is 864. The fourth-order valence-corrected chi connectivity index (χ4v) is 3.81. The van der Waals surface area contributed by atoms with Gasteiger partial charge in [-0.3, -0.25) is 4.79 Å². The molecule has 23 heavy (non-hydrogen) atoms. The van der Waals surface area contributed by atoms with Crippen LogP contribution in [-0.4, -0.2) is 33.9 Å². The molecule has 3 rings (SSSR count). The normalized spacial score (nSPS) is 10.9. The summed E-state index contributed by atoms with van der Waals surface area (Å²) in [7, 11) is 1.59. The molecule has 0 atom stereocenters. The molecular formula is C15H13FN4OS2. The molecule has 0 fully saturated rings. The van der Waals surface area contributed by atoms with Crippen LogP contribution < -0.4 is 5.32 Å². The zero-order valence-corrected chi connectivity index (χ0v) is 14.1. The van der Waals surface area contributed by atoms with Crippen molar-refractivity contribution in [2.75, 3.05) is 12.8 Å². The third kappa shape index (κ3) is 3.32. The van der Waals surface area contributed by atoms with Gasteiger partial charge in [0.15, 0.2) is 0 Å². The van der Waals surface area contributed by atoms with E-state index in [0.717, 1.165) is 20.8 Å². The highest BCUT2D eigenvalue weighted by atomic mass is 32.2. The van der Waals surface area contributed by atoms with Gasteiger partial charge in [0.05, 0.1) is 15.5 Å². The van der Waals surface area contributed by atoms with Crippen molar-refractivity contribution in [1.29, 1.82) is 0 Å². The molecule has 8 heteroatoms. The second-order valence-corrected chi connectivity index (χ2v) is 6.90. The van der Waals surface area contributed by atoms with Gasteiger partial charge in [0.1, 0.15) is 22.1 Å². The molecule has 3 aromatic rings. The first-order valence-corrected chi connectivity index (χ1v) is 8.62. The first-order chi connectivity index (χ1) is 11.1. The van der Waals surface area contributed by atoms with Crippen molar-refractivity contribution in [2.45, 2.75) is 11.9 Å². The van der Waals surface area contributed by atoms with Crippen molar-refractivity contribution in [1.82, 2.24) is 20.5 Å². The topological polar surface area (TPSA) is 67.8 Å². The summed E-state index contributed by atoms with van der Waals surface area (Å²) in [4.78, 5) is 15.9. The van der Waals surface area contributed by atoms with Crippen LogP contribution in [0.1, 0.15) is 5.01 Å². The Labute approximate surface area is 140 Å². The molecule has 0 saturated heterocycles. The number of thioether (sulfide) groups is 1. The minimum absolute atomic E-state index is 0.0838. The highest BCUT2D eigenvalue weighted by Crippen LogP contribution is 2.35. The number of hydrogen-bond donors (Lipinski definition) is 1. The minimum Gasteiger partial charge on any atom is -0.358 e.